The van der Waals surface area contributed by atoms with Gasteiger partial charge >= 0.3 is 0 Å². The molecule has 0 saturated carbocycles. The van der Waals surface area contributed by atoms with Crippen molar-refractivity contribution in [1.29, 1.82) is 0 Å². The monoisotopic (exact) mass is 272 g/mol. The Bertz CT molecular complexity index is 518. The average molecular weight is 272 g/mol. The molecule has 4 N–H and O–H groups in total. The zero-order valence-electron chi connectivity index (χ0n) is 11.4. The van der Waals surface area contributed by atoms with E-state index >= 15 is 0 Å². The maximum atomic E-state index is 9.22. The third-order valence-corrected chi connectivity index (χ3v) is 3.09. The van der Waals surface area contributed by atoms with Crippen LogP contribution in [0.1, 0.15) is 11.1 Å². The molecule has 0 saturated heterocycles. The number of aromatic nitrogens is 1. The molecule has 0 amide bonds. The third-order valence-electron chi connectivity index (χ3n) is 3.09. The number of nitrogens with one attached hydrogen (secondary N) is 1. The second-order valence-electron chi connectivity index (χ2n) is 4.58. The first-order chi connectivity index (χ1) is 9.83. The molecule has 0 aliphatic rings. The van der Waals surface area contributed by atoms with Crippen LogP contribution in [0.2, 0.25) is 0 Å². The van der Waals surface area contributed by atoms with Crippen molar-refractivity contribution < 1.29 is 5.11 Å². The fourth-order valence-corrected chi connectivity index (χ4v) is 2.13. The van der Waals surface area contributed by atoms with Gasteiger partial charge in [-0.25, -0.2) is 10.8 Å². The number of pyridine rings is 1. The molecule has 0 bridgehead atoms. The molecule has 20 heavy (non-hydrogen) atoms. The van der Waals surface area contributed by atoms with E-state index in [4.69, 9.17) is 5.84 Å². The van der Waals surface area contributed by atoms with Crippen molar-refractivity contribution in [2.75, 3.05) is 18.6 Å². The lowest BCUT2D eigenvalue weighted by molar-refractivity contribution is 0.184. The predicted octanol–water partition coefficient (Wildman–Crippen LogP) is 1.36. The zero-order valence-corrected chi connectivity index (χ0v) is 11.4. The summed E-state index contributed by atoms with van der Waals surface area (Å²) in [5, 5.41) is 9.22. The summed E-state index contributed by atoms with van der Waals surface area (Å²) in [6, 6.07) is 14.1. The topological polar surface area (TPSA) is 74.4 Å². The Kier molecular flexibility index (Phi) is 5.49. The minimum absolute atomic E-state index is 0.123. The van der Waals surface area contributed by atoms with Crippen LogP contribution in [0.3, 0.4) is 0 Å². The van der Waals surface area contributed by atoms with Gasteiger partial charge in [0.2, 0.25) is 0 Å². The summed E-state index contributed by atoms with van der Waals surface area (Å²) in [5.74, 6) is 6.14. The van der Waals surface area contributed by atoms with Gasteiger partial charge in [0.05, 0.1) is 6.61 Å². The molecule has 0 aliphatic carbocycles. The van der Waals surface area contributed by atoms with E-state index in [-0.39, 0.29) is 6.61 Å². The smallest absolute Gasteiger partial charge is 0.144 e. The zero-order chi connectivity index (χ0) is 14.2. The van der Waals surface area contributed by atoms with Gasteiger partial charge in [-0.15, -0.1) is 0 Å². The van der Waals surface area contributed by atoms with Crippen LogP contribution in [0.15, 0.2) is 48.7 Å². The second-order valence-corrected chi connectivity index (χ2v) is 4.58. The molecule has 0 spiro atoms. The van der Waals surface area contributed by atoms with Gasteiger partial charge in [0.15, 0.2) is 0 Å². The van der Waals surface area contributed by atoms with Crippen LogP contribution in [-0.2, 0) is 13.1 Å². The molecule has 1 aromatic carbocycles. The van der Waals surface area contributed by atoms with E-state index in [1.54, 1.807) is 6.20 Å². The van der Waals surface area contributed by atoms with Crippen molar-refractivity contribution in [2.45, 2.75) is 13.1 Å². The number of rotatable bonds is 7. The lowest BCUT2D eigenvalue weighted by Crippen LogP contribution is -2.27. The van der Waals surface area contributed by atoms with Gasteiger partial charge in [-0.1, -0.05) is 36.4 Å². The van der Waals surface area contributed by atoms with Crippen LogP contribution in [0.5, 0.6) is 0 Å². The molecule has 1 heterocycles. The molecule has 1 aromatic heterocycles. The minimum atomic E-state index is 0.123. The largest absolute Gasteiger partial charge is 0.395 e. The average Bonchev–Trinajstić information content (AvgIpc) is 2.49. The highest BCUT2D eigenvalue weighted by molar-refractivity contribution is 5.42. The Balaban J connectivity index is 2.09. The highest BCUT2D eigenvalue weighted by atomic mass is 16.3. The number of nitrogens with two attached hydrogens (primary N) is 1. The van der Waals surface area contributed by atoms with Crippen molar-refractivity contribution in [2.24, 2.45) is 5.84 Å². The summed E-state index contributed by atoms with van der Waals surface area (Å²) >= 11 is 0. The van der Waals surface area contributed by atoms with Crippen LogP contribution in [0, 0.1) is 0 Å². The van der Waals surface area contributed by atoms with Gasteiger partial charge in [0, 0.05) is 31.4 Å². The standard InChI is InChI=1S/C15H20N4O/c16-18-15-14(7-4-8-17-15)12-19(9-10-20)11-13-5-2-1-3-6-13/h1-8,20H,9-12,16H2,(H,17,18). The summed E-state index contributed by atoms with van der Waals surface area (Å²) in [6.07, 6.45) is 1.70. The predicted molar refractivity (Wildman–Crippen MR) is 79.7 cm³/mol. The van der Waals surface area contributed by atoms with Gasteiger partial charge in [0.25, 0.3) is 0 Å². The van der Waals surface area contributed by atoms with Gasteiger partial charge in [0.1, 0.15) is 5.82 Å². The summed E-state index contributed by atoms with van der Waals surface area (Å²) < 4.78 is 0. The van der Waals surface area contributed by atoms with E-state index in [1.807, 2.05) is 30.3 Å². The first-order valence-corrected chi connectivity index (χ1v) is 6.61. The lowest BCUT2D eigenvalue weighted by atomic mass is 10.2. The summed E-state index contributed by atoms with van der Waals surface area (Å²) in [7, 11) is 0. The SMILES string of the molecule is NNc1ncccc1CN(CCO)Cc1ccccc1. The maximum absolute atomic E-state index is 9.22. The Hall–Kier alpha value is -1.95. The first-order valence-electron chi connectivity index (χ1n) is 6.61. The second kappa shape index (κ2) is 7.59. The van der Waals surface area contributed by atoms with Gasteiger partial charge in [-0.2, -0.15) is 0 Å². The number of aliphatic hydroxyl groups excluding tert-OH is 1. The summed E-state index contributed by atoms with van der Waals surface area (Å²) in [6.45, 7) is 2.19. The number of nitrogen functional groups attached to an aromatic ring is 1. The molecule has 2 rings (SSSR count). The van der Waals surface area contributed by atoms with Crippen molar-refractivity contribution in [3.63, 3.8) is 0 Å². The van der Waals surface area contributed by atoms with Crippen LogP contribution < -0.4 is 11.3 Å². The summed E-state index contributed by atoms with van der Waals surface area (Å²) in [4.78, 5) is 6.35. The highest BCUT2D eigenvalue weighted by Crippen LogP contribution is 2.15. The normalized spacial score (nSPS) is 10.8. The molecule has 5 nitrogen and oxygen atoms in total. The lowest BCUT2D eigenvalue weighted by Gasteiger charge is -2.22. The van der Waals surface area contributed by atoms with Crippen LogP contribution in [0.4, 0.5) is 5.82 Å². The number of benzene rings is 1. The van der Waals surface area contributed by atoms with E-state index in [2.05, 4.69) is 27.4 Å². The number of hydrogen-bond acceptors (Lipinski definition) is 5. The molecule has 0 radical (unpaired) electrons. The van der Waals surface area contributed by atoms with E-state index in [0.29, 0.717) is 18.9 Å². The van der Waals surface area contributed by atoms with Crippen molar-refractivity contribution in [3.8, 4) is 0 Å². The number of anilines is 1. The van der Waals surface area contributed by atoms with E-state index in [0.717, 1.165) is 12.1 Å². The van der Waals surface area contributed by atoms with Gasteiger partial charge < -0.3 is 10.5 Å². The number of hydrogen-bond donors (Lipinski definition) is 3. The minimum Gasteiger partial charge on any atom is -0.395 e. The van der Waals surface area contributed by atoms with Crippen molar-refractivity contribution in [3.05, 3.63) is 59.8 Å². The molecule has 0 aliphatic heterocycles. The van der Waals surface area contributed by atoms with Crippen molar-refractivity contribution >= 4 is 5.82 Å². The Labute approximate surface area is 119 Å². The van der Waals surface area contributed by atoms with Crippen molar-refractivity contribution in [1.82, 2.24) is 9.88 Å². The third kappa shape index (κ3) is 4.03. The highest BCUT2D eigenvalue weighted by Gasteiger charge is 2.09. The quantitative estimate of drug-likeness (QED) is 0.524. The molecule has 0 fully saturated rings. The summed E-state index contributed by atoms with van der Waals surface area (Å²) in [5.41, 5.74) is 4.83. The van der Waals surface area contributed by atoms with Crippen LogP contribution >= 0.6 is 0 Å². The molecule has 5 heteroatoms. The maximum Gasteiger partial charge on any atom is 0.144 e. The van der Waals surface area contributed by atoms with E-state index in [1.165, 1.54) is 5.56 Å². The number of nitrogens with zero attached hydrogens (tertiary/aromatic N) is 2. The Morgan fingerprint density at radius 2 is 1.90 bits per heavy atom. The van der Waals surface area contributed by atoms with Crippen LogP contribution in [0.25, 0.3) is 0 Å². The fourth-order valence-electron chi connectivity index (χ4n) is 2.13. The van der Waals surface area contributed by atoms with E-state index < -0.39 is 0 Å². The molecule has 2 aromatic rings. The van der Waals surface area contributed by atoms with E-state index in [9.17, 15) is 5.11 Å². The molecular weight excluding hydrogens is 252 g/mol. The Morgan fingerprint density at radius 1 is 1.10 bits per heavy atom. The Morgan fingerprint density at radius 3 is 2.60 bits per heavy atom. The van der Waals surface area contributed by atoms with Crippen LogP contribution in [-0.4, -0.2) is 28.1 Å². The molecular formula is C15H20N4O. The molecule has 0 atom stereocenters. The first kappa shape index (κ1) is 14.5. The molecule has 106 valence electrons. The fraction of sp³-hybridized carbons (Fsp3) is 0.267. The number of hydrazine groups is 1. The van der Waals surface area contributed by atoms with Gasteiger partial charge in [-0.05, 0) is 11.6 Å². The van der Waals surface area contributed by atoms with Gasteiger partial charge in [-0.3, -0.25) is 4.90 Å². The number of aliphatic hydroxyl groups is 1. The molecule has 0 unspecified atom stereocenters.